The molecule has 90 valence electrons. The molecule has 15 heavy (non-hydrogen) atoms. The highest BCUT2D eigenvalue weighted by molar-refractivity contribution is 9.09. The van der Waals surface area contributed by atoms with Gasteiger partial charge in [0.1, 0.15) is 0 Å². The summed E-state index contributed by atoms with van der Waals surface area (Å²) in [7, 11) is -3.07. The fourth-order valence-electron chi connectivity index (χ4n) is 1.75. The van der Waals surface area contributed by atoms with Gasteiger partial charge in [0, 0.05) is 11.4 Å². The van der Waals surface area contributed by atoms with Gasteiger partial charge in [-0.05, 0) is 18.8 Å². The zero-order valence-electron chi connectivity index (χ0n) is 9.37. The third kappa shape index (κ3) is 4.04. The Labute approximate surface area is 101 Å². The summed E-state index contributed by atoms with van der Waals surface area (Å²) in [6, 6.07) is 0. The Hall–Kier alpha value is 0.390. The van der Waals surface area contributed by atoms with Gasteiger partial charge in [-0.3, -0.25) is 0 Å². The van der Waals surface area contributed by atoms with Gasteiger partial charge in [-0.25, -0.2) is 13.1 Å². The molecule has 1 N–H and O–H groups in total. The topological polar surface area (TPSA) is 46.2 Å². The Morgan fingerprint density at radius 3 is 2.33 bits per heavy atom. The Kier molecular flexibility index (Phi) is 5.06. The molecule has 0 aromatic heterocycles. The van der Waals surface area contributed by atoms with E-state index in [1.807, 2.05) is 0 Å². The first kappa shape index (κ1) is 13.5. The molecule has 0 radical (unpaired) electrons. The summed E-state index contributed by atoms with van der Waals surface area (Å²) in [5, 5.41) is -0.149. The Morgan fingerprint density at radius 1 is 1.33 bits per heavy atom. The molecule has 1 unspecified atom stereocenters. The van der Waals surface area contributed by atoms with E-state index in [-0.39, 0.29) is 10.1 Å². The fraction of sp³-hybridized carbons (Fsp3) is 1.00. The number of rotatable bonds is 5. The molecule has 1 fully saturated rings. The lowest BCUT2D eigenvalue weighted by Gasteiger charge is -2.17. The zero-order valence-corrected chi connectivity index (χ0v) is 11.8. The second kappa shape index (κ2) is 5.64. The van der Waals surface area contributed by atoms with Gasteiger partial charge in [0.05, 0.1) is 5.25 Å². The van der Waals surface area contributed by atoms with Crippen LogP contribution in [0.1, 0.15) is 39.5 Å². The maximum atomic E-state index is 11.8. The van der Waals surface area contributed by atoms with Crippen molar-refractivity contribution in [2.45, 2.75) is 49.6 Å². The lowest BCUT2D eigenvalue weighted by atomic mass is 10.1. The van der Waals surface area contributed by atoms with Crippen molar-refractivity contribution in [1.29, 1.82) is 0 Å². The van der Waals surface area contributed by atoms with Gasteiger partial charge in [-0.15, -0.1) is 0 Å². The van der Waals surface area contributed by atoms with Crippen molar-refractivity contribution < 1.29 is 8.42 Å². The summed E-state index contributed by atoms with van der Waals surface area (Å²) in [4.78, 5) is 0.216. The van der Waals surface area contributed by atoms with Crippen molar-refractivity contribution in [2.75, 3.05) is 6.54 Å². The van der Waals surface area contributed by atoms with Gasteiger partial charge in [0.15, 0.2) is 0 Å². The Balaban J connectivity index is 2.42. The molecule has 0 spiro atoms. The van der Waals surface area contributed by atoms with Crippen molar-refractivity contribution in [1.82, 2.24) is 4.72 Å². The number of alkyl halides is 1. The van der Waals surface area contributed by atoms with Gasteiger partial charge in [-0.2, -0.15) is 0 Å². The third-order valence-electron chi connectivity index (χ3n) is 2.94. The quantitative estimate of drug-likeness (QED) is 0.791. The molecular formula is C10H20BrNO2S. The van der Waals surface area contributed by atoms with Crippen molar-refractivity contribution >= 4 is 26.0 Å². The van der Waals surface area contributed by atoms with E-state index in [9.17, 15) is 8.42 Å². The summed E-state index contributed by atoms with van der Waals surface area (Å²) in [6.45, 7) is 4.64. The van der Waals surface area contributed by atoms with Crippen LogP contribution in [0.2, 0.25) is 0 Å². The molecule has 0 amide bonds. The highest BCUT2D eigenvalue weighted by Crippen LogP contribution is 2.24. The normalized spacial score (nSPS) is 21.1. The van der Waals surface area contributed by atoms with E-state index >= 15 is 0 Å². The van der Waals surface area contributed by atoms with E-state index in [0.29, 0.717) is 12.5 Å². The van der Waals surface area contributed by atoms with Crippen molar-refractivity contribution in [3.63, 3.8) is 0 Å². The Morgan fingerprint density at radius 2 is 1.87 bits per heavy atom. The summed E-state index contributed by atoms with van der Waals surface area (Å²) in [6.07, 6.45) is 3.74. The van der Waals surface area contributed by atoms with Crippen molar-refractivity contribution in [2.24, 2.45) is 5.92 Å². The number of nitrogens with one attached hydrogen (secondary N) is 1. The Bertz CT molecular complexity index is 284. The molecule has 1 saturated carbocycles. The van der Waals surface area contributed by atoms with Gasteiger partial charge in [0.25, 0.3) is 0 Å². The van der Waals surface area contributed by atoms with Crippen LogP contribution in [0.25, 0.3) is 0 Å². The van der Waals surface area contributed by atoms with Crippen LogP contribution >= 0.6 is 15.9 Å². The van der Waals surface area contributed by atoms with Crippen molar-refractivity contribution in [3.8, 4) is 0 Å². The summed E-state index contributed by atoms with van der Waals surface area (Å²) < 4.78 is 26.4. The van der Waals surface area contributed by atoms with Gasteiger partial charge >= 0.3 is 0 Å². The number of hydrogen-bond acceptors (Lipinski definition) is 2. The minimum atomic E-state index is -3.07. The van der Waals surface area contributed by atoms with Crippen LogP contribution in [0.5, 0.6) is 0 Å². The fourth-order valence-corrected chi connectivity index (χ4v) is 3.73. The molecule has 1 rings (SSSR count). The minimum Gasteiger partial charge on any atom is -0.214 e. The van der Waals surface area contributed by atoms with Crippen LogP contribution < -0.4 is 4.72 Å². The first-order valence-electron chi connectivity index (χ1n) is 5.56. The molecule has 0 aromatic rings. The van der Waals surface area contributed by atoms with Gasteiger partial charge in [0.2, 0.25) is 10.0 Å². The molecule has 5 heteroatoms. The largest absolute Gasteiger partial charge is 0.214 e. The molecular weight excluding hydrogens is 278 g/mol. The summed E-state index contributed by atoms with van der Waals surface area (Å²) >= 11 is 3.48. The van der Waals surface area contributed by atoms with Crippen LogP contribution in [0.4, 0.5) is 0 Å². The van der Waals surface area contributed by atoms with Crippen LogP contribution in [-0.2, 0) is 10.0 Å². The molecule has 0 aromatic carbocycles. The molecule has 3 nitrogen and oxygen atoms in total. The predicted octanol–water partition coefficient (Wildman–Crippen LogP) is 2.27. The second-order valence-electron chi connectivity index (χ2n) is 4.56. The van der Waals surface area contributed by atoms with E-state index in [1.165, 1.54) is 0 Å². The number of sulfonamides is 1. The number of halogens is 1. The SMILES string of the molecule is CC(C)C(Br)CNS(=O)(=O)C1CCCC1. The lowest BCUT2D eigenvalue weighted by Crippen LogP contribution is -2.37. The van der Waals surface area contributed by atoms with E-state index in [2.05, 4.69) is 34.5 Å². The minimum absolute atomic E-state index is 0.149. The first-order valence-corrected chi connectivity index (χ1v) is 8.02. The van der Waals surface area contributed by atoms with Crippen LogP contribution in [0.3, 0.4) is 0 Å². The number of hydrogen-bond donors (Lipinski definition) is 1. The zero-order chi connectivity index (χ0) is 11.5. The molecule has 1 atom stereocenters. The molecule has 0 saturated heterocycles. The molecule has 0 bridgehead atoms. The highest BCUT2D eigenvalue weighted by Gasteiger charge is 2.28. The molecule has 1 aliphatic carbocycles. The summed E-state index contributed by atoms with van der Waals surface area (Å²) in [5.41, 5.74) is 0. The average Bonchev–Trinajstić information content (AvgIpc) is 2.67. The van der Waals surface area contributed by atoms with Crippen LogP contribution in [-0.4, -0.2) is 25.0 Å². The van der Waals surface area contributed by atoms with E-state index in [4.69, 9.17) is 0 Å². The second-order valence-corrected chi connectivity index (χ2v) is 7.78. The first-order chi connectivity index (χ1) is 6.93. The maximum Gasteiger partial charge on any atom is 0.214 e. The third-order valence-corrected chi connectivity index (χ3v) is 6.24. The molecule has 1 aliphatic rings. The molecule has 0 heterocycles. The lowest BCUT2D eigenvalue weighted by molar-refractivity contribution is 0.550. The van der Waals surface area contributed by atoms with Gasteiger partial charge in [-0.1, -0.05) is 42.6 Å². The van der Waals surface area contributed by atoms with E-state index in [0.717, 1.165) is 25.7 Å². The van der Waals surface area contributed by atoms with Gasteiger partial charge < -0.3 is 0 Å². The van der Waals surface area contributed by atoms with E-state index < -0.39 is 10.0 Å². The van der Waals surface area contributed by atoms with Crippen LogP contribution in [0, 0.1) is 5.92 Å². The summed E-state index contributed by atoms with van der Waals surface area (Å²) in [5.74, 6) is 0.441. The smallest absolute Gasteiger partial charge is 0.214 e. The van der Waals surface area contributed by atoms with Crippen molar-refractivity contribution in [3.05, 3.63) is 0 Å². The van der Waals surface area contributed by atoms with E-state index in [1.54, 1.807) is 0 Å². The highest BCUT2D eigenvalue weighted by atomic mass is 79.9. The average molecular weight is 298 g/mol. The van der Waals surface area contributed by atoms with Crippen LogP contribution in [0.15, 0.2) is 0 Å². The monoisotopic (exact) mass is 297 g/mol. The predicted molar refractivity (Wildman–Crippen MR) is 66.7 cm³/mol. The standard InChI is InChI=1S/C10H20BrNO2S/c1-8(2)10(11)7-12-15(13,14)9-5-3-4-6-9/h8-10,12H,3-7H2,1-2H3. The maximum absolute atomic E-state index is 11.8. The molecule has 0 aliphatic heterocycles.